The van der Waals surface area contributed by atoms with Crippen molar-refractivity contribution in [1.29, 1.82) is 0 Å². The molecule has 5 heteroatoms. The van der Waals surface area contributed by atoms with E-state index in [-0.39, 0.29) is 18.5 Å². The average molecular weight is 328 g/mol. The minimum absolute atomic E-state index is 0.0460. The molecule has 3 rings (SSSR count). The first kappa shape index (κ1) is 15.7. The van der Waals surface area contributed by atoms with Crippen molar-refractivity contribution in [2.45, 2.75) is 32.7 Å². The van der Waals surface area contributed by atoms with E-state index < -0.39 is 5.91 Å². The van der Waals surface area contributed by atoms with Crippen LogP contribution in [0.2, 0.25) is 0 Å². The standard InChI is InChI=1S/C18H20N2O2S/c1-11(2)20(10-16(19)21)18(22)15-9-13-8-7-12-5-3-4-6-14(12)17(13)23-15/h3-6,9,11H,7-8,10H2,1-2H3,(H2,19,21). The van der Waals surface area contributed by atoms with E-state index in [1.54, 1.807) is 0 Å². The Balaban J connectivity index is 1.96. The number of carbonyl (C=O) groups excluding carboxylic acids is 2. The fourth-order valence-electron chi connectivity index (χ4n) is 2.98. The number of hydrogen-bond acceptors (Lipinski definition) is 3. The van der Waals surface area contributed by atoms with Crippen molar-refractivity contribution in [2.24, 2.45) is 5.73 Å². The van der Waals surface area contributed by atoms with E-state index in [9.17, 15) is 9.59 Å². The summed E-state index contributed by atoms with van der Waals surface area (Å²) in [5.74, 6) is -0.602. The fourth-order valence-corrected chi connectivity index (χ4v) is 4.20. The summed E-state index contributed by atoms with van der Waals surface area (Å²) < 4.78 is 0. The number of rotatable bonds is 4. The number of nitrogens with two attached hydrogens (primary N) is 1. The molecule has 1 heterocycles. The minimum Gasteiger partial charge on any atom is -0.368 e. The molecule has 0 bridgehead atoms. The summed E-state index contributed by atoms with van der Waals surface area (Å²) in [4.78, 5) is 27.4. The highest BCUT2D eigenvalue weighted by Crippen LogP contribution is 2.39. The van der Waals surface area contributed by atoms with E-state index in [0.717, 1.165) is 12.8 Å². The number of amides is 2. The zero-order valence-corrected chi connectivity index (χ0v) is 14.2. The molecule has 4 nitrogen and oxygen atoms in total. The van der Waals surface area contributed by atoms with Gasteiger partial charge in [-0.15, -0.1) is 11.3 Å². The number of benzene rings is 1. The largest absolute Gasteiger partial charge is 0.368 e. The number of carbonyl (C=O) groups is 2. The maximum Gasteiger partial charge on any atom is 0.264 e. The number of fused-ring (bicyclic) bond motifs is 3. The van der Waals surface area contributed by atoms with Gasteiger partial charge in [0.25, 0.3) is 5.91 Å². The van der Waals surface area contributed by atoms with Crippen LogP contribution in [0.3, 0.4) is 0 Å². The van der Waals surface area contributed by atoms with Crippen LogP contribution in [0, 0.1) is 0 Å². The molecule has 2 N–H and O–H groups in total. The van der Waals surface area contributed by atoms with Crippen LogP contribution >= 0.6 is 11.3 Å². The lowest BCUT2D eigenvalue weighted by atomic mass is 9.91. The van der Waals surface area contributed by atoms with Crippen molar-refractivity contribution in [3.05, 3.63) is 46.3 Å². The second kappa shape index (κ2) is 6.16. The summed E-state index contributed by atoms with van der Waals surface area (Å²) in [5, 5.41) is 0. The van der Waals surface area contributed by atoms with Gasteiger partial charge in [0.2, 0.25) is 5.91 Å². The van der Waals surface area contributed by atoms with Crippen LogP contribution in [0.4, 0.5) is 0 Å². The van der Waals surface area contributed by atoms with E-state index in [0.29, 0.717) is 4.88 Å². The van der Waals surface area contributed by atoms with Gasteiger partial charge in [-0.3, -0.25) is 9.59 Å². The van der Waals surface area contributed by atoms with E-state index >= 15 is 0 Å². The van der Waals surface area contributed by atoms with Gasteiger partial charge in [-0.2, -0.15) is 0 Å². The van der Waals surface area contributed by atoms with Crippen LogP contribution in [0.5, 0.6) is 0 Å². The van der Waals surface area contributed by atoms with Crippen molar-refractivity contribution in [1.82, 2.24) is 4.90 Å². The number of primary amides is 1. The van der Waals surface area contributed by atoms with Gasteiger partial charge in [0.1, 0.15) is 0 Å². The van der Waals surface area contributed by atoms with Crippen LogP contribution in [-0.4, -0.2) is 29.3 Å². The lowest BCUT2D eigenvalue weighted by molar-refractivity contribution is -0.119. The molecule has 1 aliphatic carbocycles. The molecular weight excluding hydrogens is 308 g/mol. The number of hydrogen-bond donors (Lipinski definition) is 1. The van der Waals surface area contributed by atoms with E-state index in [4.69, 9.17) is 5.73 Å². The Bertz CT molecular complexity index is 764. The Hall–Kier alpha value is -2.14. The second-order valence-corrected chi connectivity index (χ2v) is 7.17. The van der Waals surface area contributed by atoms with Crippen molar-refractivity contribution in [3.8, 4) is 10.4 Å². The molecule has 0 saturated heterocycles. The molecular formula is C18H20N2O2S. The minimum atomic E-state index is -0.487. The van der Waals surface area contributed by atoms with Gasteiger partial charge in [-0.25, -0.2) is 0 Å². The third-order valence-corrected chi connectivity index (χ3v) is 5.35. The van der Waals surface area contributed by atoms with Crippen LogP contribution in [-0.2, 0) is 17.6 Å². The van der Waals surface area contributed by atoms with Crippen molar-refractivity contribution in [2.75, 3.05) is 6.54 Å². The molecule has 0 saturated carbocycles. The molecule has 2 amide bonds. The predicted octanol–water partition coefficient (Wildman–Crippen LogP) is 2.85. The topological polar surface area (TPSA) is 63.4 Å². The maximum absolute atomic E-state index is 12.8. The Morgan fingerprint density at radius 1 is 1.22 bits per heavy atom. The Labute approximate surface area is 139 Å². The van der Waals surface area contributed by atoms with Crippen molar-refractivity contribution < 1.29 is 9.59 Å². The maximum atomic E-state index is 12.8. The Kier molecular flexibility index (Phi) is 4.22. The Morgan fingerprint density at radius 3 is 2.61 bits per heavy atom. The highest BCUT2D eigenvalue weighted by atomic mass is 32.1. The molecule has 1 aliphatic rings. The molecule has 1 aromatic heterocycles. The van der Waals surface area contributed by atoms with Gasteiger partial charge >= 0.3 is 0 Å². The summed E-state index contributed by atoms with van der Waals surface area (Å²) in [5.41, 5.74) is 9.06. The van der Waals surface area contributed by atoms with Gasteiger partial charge in [-0.1, -0.05) is 24.3 Å². The lowest BCUT2D eigenvalue weighted by Gasteiger charge is -2.24. The molecule has 2 aromatic rings. The fraction of sp³-hybridized carbons (Fsp3) is 0.333. The smallest absolute Gasteiger partial charge is 0.264 e. The van der Waals surface area contributed by atoms with Crippen LogP contribution < -0.4 is 5.73 Å². The van der Waals surface area contributed by atoms with Crippen molar-refractivity contribution in [3.63, 3.8) is 0 Å². The van der Waals surface area contributed by atoms with Gasteiger partial charge in [0, 0.05) is 10.9 Å². The van der Waals surface area contributed by atoms with Gasteiger partial charge < -0.3 is 10.6 Å². The predicted molar refractivity (Wildman–Crippen MR) is 92.5 cm³/mol. The molecule has 0 unspecified atom stereocenters. The molecule has 0 fully saturated rings. The second-order valence-electron chi connectivity index (χ2n) is 6.12. The number of thiophene rings is 1. The van der Waals surface area contributed by atoms with Crippen molar-refractivity contribution >= 4 is 23.2 Å². The average Bonchev–Trinajstić information content (AvgIpc) is 2.96. The monoisotopic (exact) mass is 328 g/mol. The summed E-state index contributed by atoms with van der Waals surface area (Å²) in [6, 6.07) is 10.3. The van der Waals surface area contributed by atoms with Gasteiger partial charge in [-0.05, 0) is 49.4 Å². The van der Waals surface area contributed by atoms with Crippen LogP contribution in [0.25, 0.3) is 10.4 Å². The Morgan fingerprint density at radius 2 is 1.91 bits per heavy atom. The summed E-state index contributed by atoms with van der Waals surface area (Å²) >= 11 is 1.52. The molecule has 0 aliphatic heterocycles. The molecule has 0 radical (unpaired) electrons. The zero-order valence-electron chi connectivity index (χ0n) is 13.3. The summed E-state index contributed by atoms with van der Waals surface area (Å²) in [6.07, 6.45) is 1.95. The number of aryl methyl sites for hydroxylation is 2. The first-order chi connectivity index (χ1) is 11.0. The first-order valence-electron chi connectivity index (χ1n) is 7.77. The van der Waals surface area contributed by atoms with Gasteiger partial charge in [0.05, 0.1) is 11.4 Å². The lowest BCUT2D eigenvalue weighted by Crippen LogP contribution is -2.42. The molecule has 0 atom stereocenters. The summed E-state index contributed by atoms with van der Waals surface area (Å²) in [6.45, 7) is 3.74. The van der Waals surface area contributed by atoms with E-state index in [1.807, 2.05) is 26.0 Å². The highest BCUT2D eigenvalue weighted by molar-refractivity contribution is 7.17. The normalized spacial score (nSPS) is 12.7. The SMILES string of the molecule is CC(C)N(CC(N)=O)C(=O)c1cc2c(s1)-c1ccccc1CC2. The third kappa shape index (κ3) is 3.01. The molecule has 0 spiro atoms. The van der Waals surface area contributed by atoms with Gasteiger partial charge in [0.15, 0.2) is 0 Å². The third-order valence-electron chi connectivity index (χ3n) is 4.16. The molecule has 1 aromatic carbocycles. The summed E-state index contributed by atoms with van der Waals surface area (Å²) in [7, 11) is 0. The zero-order chi connectivity index (χ0) is 16.6. The highest BCUT2D eigenvalue weighted by Gasteiger charge is 2.26. The number of nitrogens with zero attached hydrogens (tertiary/aromatic N) is 1. The quantitative estimate of drug-likeness (QED) is 0.938. The van der Waals surface area contributed by atoms with E-state index in [2.05, 4.69) is 18.2 Å². The molecule has 120 valence electrons. The van der Waals surface area contributed by atoms with Crippen LogP contribution in [0.15, 0.2) is 30.3 Å². The first-order valence-corrected chi connectivity index (χ1v) is 8.59. The van der Waals surface area contributed by atoms with Crippen LogP contribution in [0.1, 0.15) is 34.6 Å². The van der Waals surface area contributed by atoms with E-state index in [1.165, 1.54) is 37.8 Å². The molecule has 23 heavy (non-hydrogen) atoms.